The highest BCUT2D eigenvalue weighted by molar-refractivity contribution is 5.65. The Labute approximate surface area is 219 Å². The first kappa shape index (κ1) is 28.7. The second kappa shape index (κ2) is 16.0. The van der Waals surface area contributed by atoms with Crippen molar-refractivity contribution < 1.29 is 13.5 Å². The van der Waals surface area contributed by atoms with Crippen LogP contribution in [0, 0.1) is 23.5 Å². The van der Waals surface area contributed by atoms with E-state index in [2.05, 4.69) is 13.8 Å². The summed E-state index contributed by atoms with van der Waals surface area (Å²) in [5.74, 6) is -0.361. The Balaban J connectivity index is 1.44. The normalized spacial score (nSPS) is 17.9. The predicted molar refractivity (Wildman–Crippen MR) is 149 cm³/mol. The van der Waals surface area contributed by atoms with Crippen LogP contribution in [-0.2, 0) is 6.42 Å². The molecule has 0 amide bonds. The van der Waals surface area contributed by atoms with E-state index in [4.69, 9.17) is 4.74 Å². The van der Waals surface area contributed by atoms with Gasteiger partial charge in [-0.3, -0.25) is 0 Å². The van der Waals surface area contributed by atoms with Gasteiger partial charge in [-0.05, 0) is 60.8 Å². The van der Waals surface area contributed by atoms with Gasteiger partial charge in [0.1, 0.15) is 0 Å². The van der Waals surface area contributed by atoms with Gasteiger partial charge in [-0.15, -0.1) is 0 Å². The lowest BCUT2D eigenvalue weighted by atomic mass is 9.80. The van der Waals surface area contributed by atoms with Crippen molar-refractivity contribution >= 4 is 0 Å². The summed E-state index contributed by atoms with van der Waals surface area (Å²) in [5.41, 5.74) is 2.26. The Morgan fingerprint density at radius 2 is 1.28 bits per heavy atom. The van der Waals surface area contributed by atoms with E-state index < -0.39 is 11.6 Å². The molecule has 3 rings (SSSR count). The molecule has 200 valence electrons. The number of rotatable bonds is 16. The van der Waals surface area contributed by atoms with Crippen LogP contribution in [-0.4, -0.2) is 6.61 Å². The first-order chi connectivity index (χ1) is 17.6. The van der Waals surface area contributed by atoms with Gasteiger partial charge in [-0.1, -0.05) is 115 Å². The standard InChI is InChI=1S/C33H48F2O/c1-3-5-7-9-11-13-26-15-17-28(18-16-26)25-36-31-24-23-30(32(34)33(31)35)29-21-19-27(20-22-29)14-12-10-8-6-4-2/h19-24,26,28H,3-18,25H2,1-2H3. The second-order valence-electron chi connectivity index (χ2n) is 11.0. The van der Waals surface area contributed by atoms with E-state index in [-0.39, 0.29) is 5.75 Å². The average Bonchev–Trinajstić information content (AvgIpc) is 2.90. The molecule has 36 heavy (non-hydrogen) atoms. The molecule has 0 aliphatic heterocycles. The lowest BCUT2D eigenvalue weighted by molar-refractivity contribution is 0.172. The van der Waals surface area contributed by atoms with Crippen LogP contribution in [0.25, 0.3) is 11.1 Å². The van der Waals surface area contributed by atoms with Crippen molar-refractivity contribution in [1.29, 1.82) is 0 Å². The van der Waals surface area contributed by atoms with Gasteiger partial charge in [-0.25, -0.2) is 4.39 Å². The molecule has 1 aliphatic carbocycles. The summed E-state index contributed by atoms with van der Waals surface area (Å²) < 4.78 is 35.6. The maximum atomic E-state index is 14.9. The third kappa shape index (κ3) is 9.20. The Hall–Kier alpha value is -1.90. The number of aryl methyl sites for hydroxylation is 1. The van der Waals surface area contributed by atoms with Crippen LogP contribution < -0.4 is 4.74 Å². The van der Waals surface area contributed by atoms with Crippen molar-refractivity contribution in [3.05, 3.63) is 53.6 Å². The molecule has 1 nitrogen and oxygen atoms in total. The summed E-state index contributed by atoms with van der Waals surface area (Å²) in [4.78, 5) is 0. The molecule has 0 N–H and O–H groups in total. The summed E-state index contributed by atoms with van der Waals surface area (Å²) in [6, 6.07) is 11.1. The van der Waals surface area contributed by atoms with Crippen molar-refractivity contribution in [2.75, 3.05) is 6.61 Å². The number of ether oxygens (including phenoxy) is 1. The molecule has 0 heterocycles. The molecule has 1 aliphatic rings. The summed E-state index contributed by atoms with van der Waals surface area (Å²) in [6.07, 6.45) is 20.1. The summed E-state index contributed by atoms with van der Waals surface area (Å²) in [7, 11) is 0. The molecule has 0 bridgehead atoms. The molecule has 2 aromatic rings. The van der Waals surface area contributed by atoms with E-state index in [1.54, 1.807) is 12.1 Å². The molecular formula is C33H48F2O. The van der Waals surface area contributed by atoms with Gasteiger partial charge in [0.05, 0.1) is 6.61 Å². The van der Waals surface area contributed by atoms with Gasteiger partial charge in [-0.2, -0.15) is 4.39 Å². The van der Waals surface area contributed by atoms with Gasteiger partial charge in [0.25, 0.3) is 0 Å². The Morgan fingerprint density at radius 1 is 0.667 bits per heavy atom. The lowest BCUT2D eigenvalue weighted by Gasteiger charge is -2.28. The Bertz CT molecular complexity index is 868. The minimum Gasteiger partial charge on any atom is -0.490 e. The van der Waals surface area contributed by atoms with E-state index in [0.717, 1.165) is 25.2 Å². The van der Waals surface area contributed by atoms with Crippen molar-refractivity contribution in [3.8, 4) is 16.9 Å². The quantitative estimate of drug-likeness (QED) is 0.209. The van der Waals surface area contributed by atoms with Crippen LogP contribution in [0.4, 0.5) is 8.78 Å². The van der Waals surface area contributed by atoms with Crippen LogP contribution in [0.3, 0.4) is 0 Å². The maximum Gasteiger partial charge on any atom is 0.201 e. The number of benzene rings is 2. The fraction of sp³-hybridized carbons (Fsp3) is 0.636. The highest BCUT2D eigenvalue weighted by atomic mass is 19.2. The van der Waals surface area contributed by atoms with Crippen LogP contribution in [0.15, 0.2) is 36.4 Å². The molecule has 1 fully saturated rings. The fourth-order valence-electron chi connectivity index (χ4n) is 5.58. The fourth-order valence-corrected chi connectivity index (χ4v) is 5.58. The van der Waals surface area contributed by atoms with Crippen molar-refractivity contribution in [1.82, 2.24) is 0 Å². The zero-order chi connectivity index (χ0) is 25.6. The van der Waals surface area contributed by atoms with E-state index in [9.17, 15) is 8.78 Å². The maximum absolute atomic E-state index is 14.9. The Kier molecular flexibility index (Phi) is 12.8. The van der Waals surface area contributed by atoms with Gasteiger partial charge in [0, 0.05) is 5.56 Å². The highest BCUT2D eigenvalue weighted by Crippen LogP contribution is 2.34. The summed E-state index contributed by atoms with van der Waals surface area (Å²) in [6.45, 7) is 4.96. The molecule has 0 saturated heterocycles. The van der Waals surface area contributed by atoms with Crippen molar-refractivity contribution in [2.45, 2.75) is 117 Å². The highest BCUT2D eigenvalue weighted by Gasteiger charge is 2.23. The third-order valence-corrected chi connectivity index (χ3v) is 8.04. The molecule has 1 saturated carbocycles. The number of halogens is 2. The SMILES string of the molecule is CCCCCCCc1ccc(-c2ccc(OCC3CCC(CCCCCCC)CC3)c(F)c2F)cc1. The first-order valence-electron chi connectivity index (χ1n) is 14.8. The molecule has 0 spiro atoms. The van der Waals surface area contributed by atoms with E-state index in [1.165, 1.54) is 89.0 Å². The predicted octanol–water partition coefficient (Wildman–Crippen LogP) is 10.7. The molecule has 0 radical (unpaired) electrons. The zero-order valence-corrected chi connectivity index (χ0v) is 22.8. The van der Waals surface area contributed by atoms with Crippen LogP contribution >= 0.6 is 0 Å². The largest absolute Gasteiger partial charge is 0.490 e. The monoisotopic (exact) mass is 498 g/mol. The summed E-state index contributed by atoms with van der Waals surface area (Å²) >= 11 is 0. The van der Waals surface area contributed by atoms with Crippen molar-refractivity contribution in [3.63, 3.8) is 0 Å². The van der Waals surface area contributed by atoms with Crippen LogP contribution in [0.5, 0.6) is 5.75 Å². The minimum atomic E-state index is -0.867. The number of hydrogen-bond donors (Lipinski definition) is 0. The van der Waals surface area contributed by atoms with E-state index >= 15 is 0 Å². The van der Waals surface area contributed by atoms with Gasteiger partial charge in [0.2, 0.25) is 5.82 Å². The van der Waals surface area contributed by atoms with Gasteiger partial charge in [0.15, 0.2) is 11.6 Å². The summed E-state index contributed by atoms with van der Waals surface area (Å²) in [5, 5.41) is 0. The molecule has 0 unspecified atom stereocenters. The second-order valence-corrected chi connectivity index (χ2v) is 11.0. The molecular weight excluding hydrogens is 450 g/mol. The lowest BCUT2D eigenvalue weighted by Crippen LogP contribution is -2.20. The number of hydrogen-bond acceptors (Lipinski definition) is 1. The van der Waals surface area contributed by atoms with Crippen LogP contribution in [0.2, 0.25) is 0 Å². The van der Waals surface area contributed by atoms with E-state index in [0.29, 0.717) is 23.7 Å². The smallest absolute Gasteiger partial charge is 0.201 e. The molecule has 3 heteroatoms. The van der Waals surface area contributed by atoms with E-state index in [1.807, 2.05) is 24.3 Å². The van der Waals surface area contributed by atoms with Crippen molar-refractivity contribution in [2.24, 2.45) is 11.8 Å². The molecule has 2 aromatic carbocycles. The molecule has 0 atom stereocenters. The zero-order valence-electron chi connectivity index (χ0n) is 22.8. The molecule has 0 aromatic heterocycles. The third-order valence-electron chi connectivity index (χ3n) is 8.04. The average molecular weight is 499 g/mol. The van der Waals surface area contributed by atoms with Crippen LogP contribution in [0.1, 0.15) is 116 Å². The Morgan fingerprint density at radius 3 is 1.94 bits per heavy atom. The van der Waals surface area contributed by atoms with Gasteiger partial charge < -0.3 is 4.74 Å². The topological polar surface area (TPSA) is 9.23 Å². The number of unbranched alkanes of at least 4 members (excludes halogenated alkanes) is 8. The minimum absolute atomic E-state index is 0.0398. The first-order valence-corrected chi connectivity index (χ1v) is 14.8. The van der Waals surface area contributed by atoms with Gasteiger partial charge >= 0.3 is 0 Å².